The van der Waals surface area contributed by atoms with Crippen LogP contribution in [0.1, 0.15) is 62.3 Å². The van der Waals surface area contributed by atoms with Crippen LogP contribution in [0, 0.1) is 0 Å². The molecule has 1 atom stereocenters. The molecule has 2 nitrogen and oxygen atoms in total. The number of aliphatic hydroxyl groups is 1. The summed E-state index contributed by atoms with van der Waals surface area (Å²) in [5.41, 5.74) is 3.74. The number of hydrogen-bond acceptors (Lipinski definition) is 2. The highest BCUT2D eigenvalue weighted by Gasteiger charge is 2.13. The molecule has 2 heteroatoms. The average Bonchev–Trinajstić information content (AvgIpc) is 2.69. The summed E-state index contributed by atoms with van der Waals surface area (Å²) in [6.45, 7) is 7.36. The summed E-state index contributed by atoms with van der Waals surface area (Å²) in [6.07, 6.45) is 6.52. The van der Waals surface area contributed by atoms with Crippen molar-refractivity contribution >= 4 is 0 Å². The van der Waals surface area contributed by atoms with E-state index in [2.05, 4.69) is 73.3 Å². The summed E-state index contributed by atoms with van der Waals surface area (Å²) in [7, 11) is 0. The molecule has 0 saturated heterocycles. The van der Waals surface area contributed by atoms with Crippen LogP contribution in [-0.2, 0) is 12.8 Å². The fourth-order valence-corrected chi connectivity index (χ4v) is 3.25. The van der Waals surface area contributed by atoms with Crippen molar-refractivity contribution in [3.8, 4) is 0 Å². The Morgan fingerprint density at radius 3 is 1.85 bits per heavy atom. The highest BCUT2D eigenvalue weighted by Crippen LogP contribution is 2.17. The van der Waals surface area contributed by atoms with Crippen LogP contribution in [-0.4, -0.2) is 29.6 Å². The Bertz CT molecular complexity index is 585. The second kappa shape index (κ2) is 11.9. The van der Waals surface area contributed by atoms with Crippen LogP contribution in [0.25, 0.3) is 0 Å². The second-order valence-corrected chi connectivity index (χ2v) is 7.25. The molecule has 0 bridgehead atoms. The molecule has 0 amide bonds. The molecule has 2 aromatic rings. The maximum absolute atomic E-state index is 10.6. The maximum atomic E-state index is 10.6. The molecule has 0 radical (unpaired) electrons. The highest BCUT2D eigenvalue weighted by molar-refractivity contribution is 5.26. The molecule has 1 N–H and O–H groups in total. The van der Waals surface area contributed by atoms with Gasteiger partial charge in [0, 0.05) is 6.54 Å². The number of hydrogen-bond donors (Lipinski definition) is 1. The maximum Gasteiger partial charge on any atom is 0.0916 e. The molecule has 2 rings (SSSR count). The summed E-state index contributed by atoms with van der Waals surface area (Å²) in [5, 5.41) is 10.6. The fourth-order valence-electron chi connectivity index (χ4n) is 3.25. The van der Waals surface area contributed by atoms with Gasteiger partial charge < -0.3 is 10.0 Å². The Balaban J connectivity index is 1.86. The molecule has 0 aliphatic heterocycles. The van der Waals surface area contributed by atoms with Gasteiger partial charge in [-0.2, -0.15) is 0 Å². The van der Waals surface area contributed by atoms with Crippen molar-refractivity contribution in [3.05, 3.63) is 71.3 Å². The molecular weight excluding hydrogens is 318 g/mol. The molecule has 0 aliphatic rings. The average molecular weight is 354 g/mol. The van der Waals surface area contributed by atoms with Crippen molar-refractivity contribution < 1.29 is 5.11 Å². The molecule has 2 aromatic carbocycles. The zero-order valence-corrected chi connectivity index (χ0v) is 16.5. The van der Waals surface area contributed by atoms with Gasteiger partial charge in [0.15, 0.2) is 0 Å². The molecule has 0 aliphatic carbocycles. The molecule has 0 fully saturated rings. The standard InChI is InChI=1S/C24H35NO/c1-3-5-18-25(19-6-4-2)20-24(26)23-16-14-22(15-17-23)13-12-21-10-8-7-9-11-21/h7-11,14-17,24,26H,3-6,12-13,18-20H2,1-2H3/t24-/m0/s1. The van der Waals surface area contributed by atoms with E-state index in [1.165, 1.54) is 36.8 Å². The number of rotatable bonds is 12. The Hall–Kier alpha value is -1.64. The van der Waals surface area contributed by atoms with E-state index in [0.717, 1.165) is 38.0 Å². The largest absolute Gasteiger partial charge is 0.387 e. The Kier molecular flexibility index (Phi) is 9.44. The third kappa shape index (κ3) is 7.31. The van der Waals surface area contributed by atoms with E-state index in [9.17, 15) is 5.11 Å². The molecule has 0 heterocycles. The highest BCUT2D eigenvalue weighted by atomic mass is 16.3. The summed E-state index contributed by atoms with van der Waals surface area (Å²) in [5.74, 6) is 0. The first-order valence-corrected chi connectivity index (χ1v) is 10.3. The van der Waals surface area contributed by atoms with Crippen LogP contribution in [0.2, 0.25) is 0 Å². The van der Waals surface area contributed by atoms with Gasteiger partial charge in [0.05, 0.1) is 6.10 Å². The van der Waals surface area contributed by atoms with E-state index in [-0.39, 0.29) is 0 Å². The first-order valence-electron chi connectivity index (χ1n) is 10.3. The number of benzene rings is 2. The number of nitrogens with zero attached hydrogens (tertiary/aromatic N) is 1. The molecular formula is C24H35NO. The molecule has 0 saturated carbocycles. The van der Waals surface area contributed by atoms with E-state index < -0.39 is 6.10 Å². The predicted molar refractivity (Wildman–Crippen MR) is 112 cm³/mol. The van der Waals surface area contributed by atoms with E-state index in [1.807, 2.05) is 0 Å². The zero-order valence-electron chi connectivity index (χ0n) is 16.5. The Labute approximate surface area is 159 Å². The number of aliphatic hydroxyl groups excluding tert-OH is 1. The Morgan fingerprint density at radius 2 is 1.31 bits per heavy atom. The lowest BCUT2D eigenvalue weighted by Gasteiger charge is -2.25. The van der Waals surface area contributed by atoms with Crippen molar-refractivity contribution in [3.63, 3.8) is 0 Å². The summed E-state index contributed by atoms with van der Waals surface area (Å²) in [6, 6.07) is 19.2. The van der Waals surface area contributed by atoms with Crippen molar-refractivity contribution in [2.75, 3.05) is 19.6 Å². The van der Waals surface area contributed by atoms with Gasteiger partial charge in [-0.05, 0) is 55.5 Å². The summed E-state index contributed by atoms with van der Waals surface area (Å²) >= 11 is 0. The lowest BCUT2D eigenvalue weighted by Crippen LogP contribution is -2.30. The molecule has 142 valence electrons. The lowest BCUT2D eigenvalue weighted by atomic mass is 10.0. The molecule has 26 heavy (non-hydrogen) atoms. The Morgan fingerprint density at radius 1 is 0.769 bits per heavy atom. The molecule has 0 unspecified atom stereocenters. The molecule has 0 aromatic heterocycles. The van der Waals surface area contributed by atoms with Crippen LogP contribution < -0.4 is 0 Å². The second-order valence-electron chi connectivity index (χ2n) is 7.25. The van der Waals surface area contributed by atoms with Crippen molar-refractivity contribution in [2.24, 2.45) is 0 Å². The van der Waals surface area contributed by atoms with Crippen LogP contribution >= 0.6 is 0 Å². The topological polar surface area (TPSA) is 23.5 Å². The third-order valence-corrected chi connectivity index (χ3v) is 5.00. The van der Waals surface area contributed by atoms with Crippen LogP contribution in [0.4, 0.5) is 0 Å². The van der Waals surface area contributed by atoms with Crippen molar-refractivity contribution in [2.45, 2.75) is 58.5 Å². The number of aryl methyl sites for hydroxylation is 2. The van der Waals surface area contributed by atoms with Gasteiger partial charge in [-0.25, -0.2) is 0 Å². The molecule has 0 spiro atoms. The van der Waals surface area contributed by atoms with Crippen LogP contribution in [0.5, 0.6) is 0 Å². The van der Waals surface area contributed by atoms with Gasteiger partial charge in [-0.1, -0.05) is 81.3 Å². The third-order valence-electron chi connectivity index (χ3n) is 5.00. The monoisotopic (exact) mass is 353 g/mol. The lowest BCUT2D eigenvalue weighted by molar-refractivity contribution is 0.111. The SMILES string of the molecule is CCCCN(CCCC)C[C@H](O)c1ccc(CCc2ccccc2)cc1. The number of unbranched alkanes of at least 4 members (excludes halogenated alkanes) is 2. The van der Waals surface area contributed by atoms with Gasteiger partial charge in [0.2, 0.25) is 0 Å². The first-order chi connectivity index (χ1) is 12.7. The van der Waals surface area contributed by atoms with Crippen LogP contribution in [0.3, 0.4) is 0 Å². The minimum Gasteiger partial charge on any atom is -0.387 e. The summed E-state index contributed by atoms with van der Waals surface area (Å²) in [4.78, 5) is 2.42. The fraction of sp³-hybridized carbons (Fsp3) is 0.500. The first kappa shape index (κ1) is 20.7. The quantitative estimate of drug-likeness (QED) is 0.552. The van der Waals surface area contributed by atoms with Gasteiger partial charge in [0.1, 0.15) is 0 Å². The van der Waals surface area contributed by atoms with Crippen molar-refractivity contribution in [1.29, 1.82) is 0 Å². The minimum atomic E-state index is -0.396. The zero-order chi connectivity index (χ0) is 18.6. The van der Waals surface area contributed by atoms with Gasteiger partial charge in [0.25, 0.3) is 0 Å². The predicted octanol–water partition coefficient (Wildman–Crippen LogP) is 5.41. The smallest absolute Gasteiger partial charge is 0.0916 e. The van der Waals surface area contributed by atoms with E-state index in [0.29, 0.717) is 0 Å². The summed E-state index contributed by atoms with van der Waals surface area (Å²) < 4.78 is 0. The van der Waals surface area contributed by atoms with Crippen molar-refractivity contribution in [1.82, 2.24) is 4.90 Å². The minimum absolute atomic E-state index is 0.396. The van der Waals surface area contributed by atoms with E-state index in [4.69, 9.17) is 0 Å². The van der Waals surface area contributed by atoms with Gasteiger partial charge in [-0.3, -0.25) is 0 Å². The van der Waals surface area contributed by atoms with E-state index in [1.54, 1.807) is 0 Å². The van der Waals surface area contributed by atoms with E-state index >= 15 is 0 Å². The van der Waals surface area contributed by atoms with Crippen LogP contribution in [0.15, 0.2) is 54.6 Å². The van der Waals surface area contributed by atoms with Gasteiger partial charge >= 0.3 is 0 Å². The van der Waals surface area contributed by atoms with Gasteiger partial charge in [-0.15, -0.1) is 0 Å². The normalized spacial score (nSPS) is 12.5.